The van der Waals surface area contributed by atoms with Crippen molar-refractivity contribution in [2.75, 3.05) is 18.5 Å². The molecule has 0 aromatic heterocycles. The van der Waals surface area contributed by atoms with Crippen LogP contribution < -0.4 is 5.43 Å². The Bertz CT molecular complexity index is 788. The number of hydrogen-bond acceptors (Lipinski definition) is 6. The fraction of sp³-hybridized carbons (Fsp3) is 0.588. The Morgan fingerprint density at radius 3 is 2.62 bits per heavy atom. The SMILES string of the molecule is CCN(CC)S(=O)(=O)c1ccc(N/N=C2\CCC[C@H](C)C2)c([N+](=O)[O-])c1. The molecule has 1 atom stereocenters. The zero-order chi connectivity index (χ0) is 19.3. The Morgan fingerprint density at radius 2 is 2.04 bits per heavy atom. The fourth-order valence-corrected chi connectivity index (χ4v) is 4.61. The molecule has 144 valence electrons. The van der Waals surface area contributed by atoms with Crippen LogP contribution in [0.4, 0.5) is 11.4 Å². The third kappa shape index (κ3) is 4.59. The molecule has 1 aromatic carbocycles. The van der Waals surface area contributed by atoms with E-state index in [1.165, 1.54) is 16.4 Å². The average molecular weight is 382 g/mol. The number of nitro benzene ring substituents is 1. The van der Waals surface area contributed by atoms with Crippen molar-refractivity contribution in [2.24, 2.45) is 11.0 Å². The number of anilines is 1. The summed E-state index contributed by atoms with van der Waals surface area (Å²) in [5.41, 5.74) is 3.64. The van der Waals surface area contributed by atoms with Gasteiger partial charge in [0.15, 0.2) is 0 Å². The molecule has 0 spiro atoms. The minimum Gasteiger partial charge on any atom is -0.272 e. The van der Waals surface area contributed by atoms with Crippen LogP contribution in [-0.2, 0) is 10.0 Å². The molecule has 26 heavy (non-hydrogen) atoms. The van der Waals surface area contributed by atoms with Gasteiger partial charge in [-0.3, -0.25) is 15.5 Å². The molecule has 1 saturated carbocycles. The monoisotopic (exact) mass is 382 g/mol. The summed E-state index contributed by atoms with van der Waals surface area (Å²) in [6, 6.07) is 3.89. The van der Waals surface area contributed by atoms with E-state index in [0.29, 0.717) is 19.0 Å². The van der Waals surface area contributed by atoms with Gasteiger partial charge in [0.2, 0.25) is 10.0 Å². The summed E-state index contributed by atoms with van der Waals surface area (Å²) in [5.74, 6) is 0.556. The van der Waals surface area contributed by atoms with Gasteiger partial charge in [-0.2, -0.15) is 9.41 Å². The van der Waals surface area contributed by atoms with Crippen LogP contribution in [0.3, 0.4) is 0 Å². The van der Waals surface area contributed by atoms with Gasteiger partial charge in [-0.05, 0) is 43.7 Å². The number of hydrogen-bond donors (Lipinski definition) is 1. The lowest BCUT2D eigenvalue weighted by Gasteiger charge is -2.19. The molecule has 1 aliphatic rings. The summed E-state index contributed by atoms with van der Waals surface area (Å²) in [7, 11) is -3.75. The van der Waals surface area contributed by atoms with Crippen LogP contribution in [0.15, 0.2) is 28.2 Å². The van der Waals surface area contributed by atoms with Gasteiger partial charge < -0.3 is 0 Å². The number of sulfonamides is 1. The van der Waals surface area contributed by atoms with E-state index < -0.39 is 14.9 Å². The van der Waals surface area contributed by atoms with Gasteiger partial charge in [0.25, 0.3) is 5.69 Å². The molecule has 1 fully saturated rings. The third-order valence-electron chi connectivity index (χ3n) is 4.59. The molecule has 9 heteroatoms. The van der Waals surface area contributed by atoms with Gasteiger partial charge in [0.05, 0.1) is 9.82 Å². The number of benzene rings is 1. The predicted molar refractivity (Wildman–Crippen MR) is 102 cm³/mol. The van der Waals surface area contributed by atoms with Gasteiger partial charge in [-0.1, -0.05) is 20.8 Å². The molecule has 0 aliphatic heterocycles. The molecule has 2 rings (SSSR count). The van der Waals surface area contributed by atoms with E-state index >= 15 is 0 Å². The van der Waals surface area contributed by atoms with Crippen molar-refractivity contribution in [1.82, 2.24) is 4.31 Å². The Labute approximate surface area is 154 Å². The molecule has 0 unspecified atom stereocenters. The van der Waals surface area contributed by atoms with E-state index in [1.807, 2.05) is 0 Å². The third-order valence-corrected chi connectivity index (χ3v) is 6.64. The summed E-state index contributed by atoms with van der Waals surface area (Å²) in [4.78, 5) is 10.7. The molecule has 0 radical (unpaired) electrons. The van der Waals surface area contributed by atoms with Crippen LogP contribution in [0.2, 0.25) is 0 Å². The molecule has 0 bridgehead atoms. The lowest BCUT2D eigenvalue weighted by atomic mass is 9.89. The first-order chi connectivity index (χ1) is 12.3. The minimum absolute atomic E-state index is 0.0857. The van der Waals surface area contributed by atoms with Crippen molar-refractivity contribution in [3.05, 3.63) is 28.3 Å². The smallest absolute Gasteiger partial charge is 0.272 e. The lowest BCUT2D eigenvalue weighted by Crippen LogP contribution is -2.30. The van der Waals surface area contributed by atoms with E-state index in [4.69, 9.17) is 0 Å². The molecule has 1 aromatic rings. The number of hydrazone groups is 1. The second-order valence-electron chi connectivity index (χ2n) is 6.52. The van der Waals surface area contributed by atoms with E-state index in [2.05, 4.69) is 17.5 Å². The molecule has 0 heterocycles. The molecule has 1 N–H and O–H groups in total. The highest BCUT2D eigenvalue weighted by atomic mass is 32.2. The molecular weight excluding hydrogens is 356 g/mol. The zero-order valence-electron chi connectivity index (χ0n) is 15.4. The second-order valence-corrected chi connectivity index (χ2v) is 8.45. The zero-order valence-corrected chi connectivity index (χ0v) is 16.3. The maximum Gasteiger partial charge on any atom is 0.295 e. The highest BCUT2D eigenvalue weighted by molar-refractivity contribution is 7.89. The first-order valence-corrected chi connectivity index (χ1v) is 10.3. The van der Waals surface area contributed by atoms with E-state index in [0.717, 1.165) is 37.5 Å². The maximum atomic E-state index is 12.6. The molecular formula is C17H26N4O4S. The number of rotatable bonds is 7. The van der Waals surface area contributed by atoms with Crippen LogP contribution in [-0.4, -0.2) is 36.4 Å². The van der Waals surface area contributed by atoms with Gasteiger partial charge in [0.1, 0.15) is 5.69 Å². The molecule has 1 aliphatic carbocycles. The van der Waals surface area contributed by atoms with Gasteiger partial charge in [-0.15, -0.1) is 0 Å². The van der Waals surface area contributed by atoms with E-state index in [9.17, 15) is 18.5 Å². The summed E-state index contributed by atoms with van der Waals surface area (Å²) < 4.78 is 26.4. The van der Waals surface area contributed by atoms with Crippen molar-refractivity contribution in [2.45, 2.75) is 51.3 Å². The first-order valence-electron chi connectivity index (χ1n) is 8.89. The Hall–Kier alpha value is -2.00. The Morgan fingerprint density at radius 1 is 1.35 bits per heavy atom. The first kappa shape index (κ1) is 20.3. The summed E-state index contributed by atoms with van der Waals surface area (Å²) in [6.07, 6.45) is 3.97. The number of nitrogens with zero attached hydrogens (tertiary/aromatic N) is 3. The van der Waals surface area contributed by atoms with Gasteiger partial charge in [-0.25, -0.2) is 8.42 Å². The van der Waals surface area contributed by atoms with Crippen LogP contribution in [0.25, 0.3) is 0 Å². The predicted octanol–water partition coefficient (Wildman–Crippen LogP) is 3.60. The molecule has 0 saturated heterocycles. The van der Waals surface area contributed by atoms with Crippen molar-refractivity contribution in [1.29, 1.82) is 0 Å². The largest absolute Gasteiger partial charge is 0.295 e. The van der Waals surface area contributed by atoms with Crippen molar-refractivity contribution in [3.8, 4) is 0 Å². The van der Waals surface area contributed by atoms with E-state index in [-0.39, 0.29) is 16.3 Å². The van der Waals surface area contributed by atoms with Gasteiger partial charge >= 0.3 is 0 Å². The maximum absolute atomic E-state index is 12.6. The fourth-order valence-electron chi connectivity index (χ4n) is 3.13. The summed E-state index contributed by atoms with van der Waals surface area (Å²) >= 11 is 0. The highest BCUT2D eigenvalue weighted by Crippen LogP contribution is 2.29. The molecule has 8 nitrogen and oxygen atoms in total. The summed E-state index contributed by atoms with van der Waals surface area (Å²) in [6.45, 7) is 6.22. The Balaban J connectivity index is 2.32. The minimum atomic E-state index is -3.75. The normalized spacial score (nSPS) is 19.7. The van der Waals surface area contributed by atoms with Crippen LogP contribution >= 0.6 is 0 Å². The quantitative estimate of drug-likeness (QED) is 0.573. The Kier molecular flexibility index (Phi) is 6.71. The van der Waals surface area contributed by atoms with Crippen molar-refractivity contribution in [3.63, 3.8) is 0 Å². The second kappa shape index (κ2) is 8.59. The van der Waals surface area contributed by atoms with Crippen LogP contribution in [0.5, 0.6) is 0 Å². The van der Waals surface area contributed by atoms with Crippen LogP contribution in [0.1, 0.15) is 46.5 Å². The summed E-state index contributed by atoms with van der Waals surface area (Å²) in [5, 5.41) is 15.7. The van der Waals surface area contributed by atoms with E-state index in [1.54, 1.807) is 13.8 Å². The number of nitro groups is 1. The topological polar surface area (TPSA) is 105 Å². The van der Waals surface area contributed by atoms with Crippen molar-refractivity contribution >= 4 is 27.1 Å². The highest BCUT2D eigenvalue weighted by Gasteiger charge is 2.25. The number of nitrogens with one attached hydrogen (secondary N) is 1. The standard InChI is InChI=1S/C17H26N4O4S/c1-4-20(5-2)26(24,25)15-9-10-16(17(12-15)21(22)23)19-18-14-8-6-7-13(3)11-14/h9-10,12-13,19H,4-8,11H2,1-3H3/b18-14+/t13-/m0/s1. The van der Waals surface area contributed by atoms with Gasteiger partial charge in [0, 0.05) is 24.9 Å². The van der Waals surface area contributed by atoms with Crippen molar-refractivity contribution < 1.29 is 13.3 Å². The molecule has 0 amide bonds. The van der Waals surface area contributed by atoms with Crippen LogP contribution in [0, 0.1) is 16.0 Å². The average Bonchev–Trinajstić information content (AvgIpc) is 2.60. The lowest BCUT2D eigenvalue weighted by molar-refractivity contribution is -0.384.